The van der Waals surface area contributed by atoms with Gasteiger partial charge in [0, 0.05) is 36.2 Å². The topological polar surface area (TPSA) is 82.9 Å². The smallest absolute Gasteiger partial charge is 0.229 e. The summed E-state index contributed by atoms with van der Waals surface area (Å²) in [6, 6.07) is 7.30. The first-order chi connectivity index (χ1) is 14.1. The number of hydrogen-bond acceptors (Lipinski definition) is 6. The highest BCUT2D eigenvalue weighted by atomic mass is 19.1. The average molecular weight is 391 g/mol. The van der Waals surface area contributed by atoms with Crippen LogP contribution in [0.3, 0.4) is 0 Å². The van der Waals surface area contributed by atoms with E-state index < -0.39 is 0 Å². The Morgan fingerprint density at radius 1 is 1.28 bits per heavy atom. The van der Waals surface area contributed by atoms with Gasteiger partial charge in [0.05, 0.1) is 18.4 Å². The lowest BCUT2D eigenvalue weighted by Gasteiger charge is -2.23. The Balaban J connectivity index is 1.68. The van der Waals surface area contributed by atoms with Gasteiger partial charge in [0.25, 0.3) is 0 Å². The highest BCUT2D eigenvalue weighted by Gasteiger charge is 2.35. The summed E-state index contributed by atoms with van der Waals surface area (Å²) >= 11 is 0. The molecule has 6 nitrogen and oxygen atoms in total. The molecule has 4 rings (SSSR count). The predicted molar refractivity (Wildman–Crippen MR) is 110 cm³/mol. The maximum atomic E-state index is 14.5. The van der Waals surface area contributed by atoms with E-state index in [2.05, 4.69) is 21.7 Å². The minimum atomic E-state index is -0.177. The van der Waals surface area contributed by atoms with Gasteiger partial charge >= 0.3 is 0 Å². The quantitative estimate of drug-likeness (QED) is 0.775. The van der Waals surface area contributed by atoms with Crippen LogP contribution in [0.2, 0.25) is 0 Å². The second-order valence-electron chi connectivity index (χ2n) is 7.13. The van der Waals surface area contributed by atoms with Crippen molar-refractivity contribution in [3.05, 3.63) is 59.1 Å². The van der Waals surface area contributed by atoms with E-state index in [1.165, 1.54) is 7.11 Å². The van der Waals surface area contributed by atoms with E-state index in [0.29, 0.717) is 29.4 Å². The number of methoxy groups -OCH3 is 1. The van der Waals surface area contributed by atoms with E-state index in [1.807, 2.05) is 13.1 Å². The Labute approximate surface area is 169 Å². The third-order valence-electron chi connectivity index (χ3n) is 5.53. The number of rotatable bonds is 5. The molecule has 7 heteroatoms. The van der Waals surface area contributed by atoms with Crippen molar-refractivity contribution in [1.29, 1.82) is 5.26 Å². The summed E-state index contributed by atoms with van der Waals surface area (Å²) in [5.74, 6) is 1.44. The molecule has 0 aliphatic heterocycles. The summed E-state index contributed by atoms with van der Waals surface area (Å²) in [7, 11) is 3.35. The van der Waals surface area contributed by atoms with Gasteiger partial charge in [-0.1, -0.05) is 12.2 Å². The maximum Gasteiger partial charge on any atom is 0.229 e. The number of hydrogen-bond donors (Lipinski definition) is 2. The standard InChI is InChI=1S/C22H22FN5O/c1-25-21-17-10-9-16(15-5-3-4-6-18(15)23)20(17)27-22(28-21)26-14-8-7-13(12-24)19(11-14)29-2/h3-4,6-8,11,15-16H,5,9-10H2,1-2H3,(H2,25,26,27,28). The zero-order valence-corrected chi connectivity index (χ0v) is 16.4. The van der Waals surface area contributed by atoms with Crippen LogP contribution in [0.4, 0.5) is 21.8 Å². The Hall–Kier alpha value is -3.40. The zero-order chi connectivity index (χ0) is 20.4. The Bertz CT molecular complexity index is 1040. The number of nitrogens with one attached hydrogen (secondary N) is 2. The summed E-state index contributed by atoms with van der Waals surface area (Å²) in [5, 5.41) is 15.5. The Kier molecular flexibility index (Phi) is 5.17. The molecule has 0 spiro atoms. The molecule has 148 valence electrons. The van der Waals surface area contributed by atoms with Crippen molar-refractivity contribution in [2.45, 2.75) is 25.2 Å². The van der Waals surface area contributed by atoms with Gasteiger partial charge in [0.15, 0.2) is 0 Å². The minimum absolute atomic E-state index is 0.0253. The first-order valence-electron chi connectivity index (χ1n) is 9.60. The number of ether oxygens (including phenoxy) is 1. The summed E-state index contributed by atoms with van der Waals surface area (Å²) in [6.45, 7) is 0. The maximum absolute atomic E-state index is 14.5. The normalized spacial score (nSPS) is 19.9. The lowest BCUT2D eigenvalue weighted by atomic mass is 9.84. The molecule has 0 amide bonds. The van der Waals surface area contributed by atoms with Crippen LogP contribution in [0.1, 0.15) is 35.6 Å². The average Bonchev–Trinajstić information content (AvgIpc) is 3.17. The molecular weight excluding hydrogens is 369 g/mol. The van der Waals surface area contributed by atoms with Crippen LogP contribution in [-0.2, 0) is 6.42 Å². The lowest BCUT2D eigenvalue weighted by molar-refractivity contribution is 0.389. The fourth-order valence-corrected chi connectivity index (χ4v) is 4.11. The predicted octanol–water partition coefficient (Wildman–Crippen LogP) is 4.60. The van der Waals surface area contributed by atoms with Crippen molar-refractivity contribution in [1.82, 2.24) is 9.97 Å². The highest BCUT2D eigenvalue weighted by molar-refractivity contribution is 5.62. The minimum Gasteiger partial charge on any atom is -0.495 e. The number of anilines is 3. The third-order valence-corrected chi connectivity index (χ3v) is 5.53. The van der Waals surface area contributed by atoms with Gasteiger partial charge in [-0.3, -0.25) is 0 Å². The molecule has 2 aliphatic rings. The van der Waals surface area contributed by atoms with Crippen LogP contribution < -0.4 is 15.4 Å². The molecule has 1 heterocycles. The summed E-state index contributed by atoms with van der Waals surface area (Å²) in [6.07, 6.45) is 7.69. The summed E-state index contributed by atoms with van der Waals surface area (Å²) < 4.78 is 19.7. The monoisotopic (exact) mass is 391 g/mol. The van der Waals surface area contributed by atoms with Gasteiger partial charge < -0.3 is 15.4 Å². The number of fused-ring (bicyclic) bond motifs is 1. The van der Waals surface area contributed by atoms with Crippen molar-refractivity contribution >= 4 is 17.5 Å². The summed E-state index contributed by atoms with van der Waals surface area (Å²) in [4.78, 5) is 9.35. The molecule has 2 atom stereocenters. The largest absolute Gasteiger partial charge is 0.495 e. The van der Waals surface area contributed by atoms with Gasteiger partial charge in [-0.05, 0) is 37.5 Å². The van der Waals surface area contributed by atoms with Gasteiger partial charge in [0.2, 0.25) is 5.95 Å². The number of benzene rings is 1. The van der Waals surface area contributed by atoms with E-state index in [4.69, 9.17) is 15.0 Å². The van der Waals surface area contributed by atoms with Crippen molar-refractivity contribution in [2.75, 3.05) is 24.8 Å². The molecule has 0 radical (unpaired) electrons. The van der Waals surface area contributed by atoms with Gasteiger partial charge in [0.1, 0.15) is 23.5 Å². The van der Waals surface area contributed by atoms with E-state index in [0.717, 1.165) is 29.9 Å². The van der Waals surface area contributed by atoms with E-state index >= 15 is 0 Å². The SMILES string of the molecule is CNc1nc(Nc2ccc(C#N)c(OC)c2)nc2c1CCC2C1CC=CC=C1F. The molecule has 2 aromatic rings. The molecular formula is C22H22FN5O. The molecule has 0 saturated heterocycles. The second kappa shape index (κ2) is 7.92. The van der Waals surface area contributed by atoms with Crippen LogP contribution in [0, 0.1) is 17.2 Å². The summed E-state index contributed by atoms with van der Waals surface area (Å²) in [5.41, 5.74) is 3.12. The highest BCUT2D eigenvalue weighted by Crippen LogP contribution is 2.45. The zero-order valence-electron chi connectivity index (χ0n) is 16.4. The first kappa shape index (κ1) is 18.9. The lowest BCUT2D eigenvalue weighted by Crippen LogP contribution is -2.15. The van der Waals surface area contributed by atoms with Crippen LogP contribution in [0.15, 0.2) is 42.3 Å². The van der Waals surface area contributed by atoms with Crippen LogP contribution in [0.25, 0.3) is 0 Å². The second-order valence-corrected chi connectivity index (χ2v) is 7.13. The Morgan fingerprint density at radius 2 is 2.14 bits per heavy atom. The molecule has 0 fully saturated rings. The number of allylic oxidation sites excluding steroid dienone is 4. The molecule has 0 bridgehead atoms. The number of nitrogens with zero attached hydrogens (tertiary/aromatic N) is 3. The fraction of sp³-hybridized carbons (Fsp3) is 0.318. The molecule has 2 N–H and O–H groups in total. The van der Waals surface area contributed by atoms with Gasteiger partial charge in [-0.25, -0.2) is 9.37 Å². The van der Waals surface area contributed by atoms with E-state index in [-0.39, 0.29) is 17.7 Å². The molecule has 0 saturated carbocycles. The number of aromatic nitrogens is 2. The van der Waals surface area contributed by atoms with Crippen molar-refractivity contribution in [3.8, 4) is 11.8 Å². The van der Waals surface area contributed by atoms with Crippen LogP contribution in [0.5, 0.6) is 5.75 Å². The van der Waals surface area contributed by atoms with Crippen molar-refractivity contribution in [3.63, 3.8) is 0 Å². The van der Waals surface area contributed by atoms with Crippen molar-refractivity contribution < 1.29 is 9.13 Å². The van der Waals surface area contributed by atoms with Crippen LogP contribution in [-0.4, -0.2) is 24.1 Å². The van der Waals surface area contributed by atoms with Crippen molar-refractivity contribution in [2.24, 2.45) is 5.92 Å². The molecule has 2 aliphatic carbocycles. The van der Waals surface area contributed by atoms with Crippen LogP contribution >= 0.6 is 0 Å². The molecule has 1 aromatic heterocycles. The number of halogens is 1. The van der Waals surface area contributed by atoms with Gasteiger partial charge in [-0.2, -0.15) is 10.2 Å². The molecule has 2 unspecified atom stereocenters. The molecule has 1 aromatic carbocycles. The van der Waals surface area contributed by atoms with E-state index in [9.17, 15) is 4.39 Å². The fourth-order valence-electron chi connectivity index (χ4n) is 4.11. The Morgan fingerprint density at radius 3 is 2.86 bits per heavy atom. The molecule has 29 heavy (non-hydrogen) atoms. The van der Waals surface area contributed by atoms with E-state index in [1.54, 1.807) is 30.4 Å². The third kappa shape index (κ3) is 3.54. The first-order valence-corrected chi connectivity index (χ1v) is 9.60. The number of nitriles is 1. The van der Waals surface area contributed by atoms with Gasteiger partial charge in [-0.15, -0.1) is 0 Å².